The summed E-state index contributed by atoms with van der Waals surface area (Å²) in [5, 5.41) is 3.24. The highest BCUT2D eigenvalue weighted by atomic mass is 35.5. The number of ether oxygens (including phenoxy) is 2. The molecule has 0 saturated carbocycles. The number of carbonyl (C=O) groups is 1. The zero-order chi connectivity index (χ0) is 17.5. The summed E-state index contributed by atoms with van der Waals surface area (Å²) in [7, 11) is 0. The fourth-order valence-electron chi connectivity index (χ4n) is 2.15. The molecule has 0 saturated heterocycles. The maximum Gasteiger partial charge on any atom is 0.251 e. The number of rotatable bonds is 7. The summed E-state index contributed by atoms with van der Waals surface area (Å²) >= 11 is 6.09. The van der Waals surface area contributed by atoms with Crippen molar-refractivity contribution in [3.05, 3.63) is 58.1 Å². The summed E-state index contributed by atoms with van der Waals surface area (Å²) in [5.41, 5.74) is 2.90. The van der Waals surface area contributed by atoms with E-state index in [-0.39, 0.29) is 5.91 Å². The molecule has 2 aromatic rings. The molecule has 4 nitrogen and oxygen atoms in total. The number of nitrogens with one attached hydrogen (secondary N) is 1. The molecule has 1 amide bonds. The highest BCUT2D eigenvalue weighted by molar-refractivity contribution is 6.32. The molecule has 0 aliphatic carbocycles. The lowest BCUT2D eigenvalue weighted by atomic mass is 10.1. The molecule has 2 aromatic carbocycles. The maximum atomic E-state index is 12.1. The van der Waals surface area contributed by atoms with E-state index in [4.69, 9.17) is 21.1 Å². The Morgan fingerprint density at radius 1 is 1.08 bits per heavy atom. The second kappa shape index (κ2) is 8.60. The Morgan fingerprint density at radius 3 is 2.54 bits per heavy atom. The van der Waals surface area contributed by atoms with Gasteiger partial charge >= 0.3 is 0 Å². The Bertz CT molecular complexity index is 716. The molecule has 0 atom stereocenters. The highest BCUT2D eigenvalue weighted by Crippen LogP contribution is 2.25. The van der Waals surface area contributed by atoms with Crippen LogP contribution in [-0.2, 0) is 0 Å². The van der Waals surface area contributed by atoms with E-state index in [1.54, 1.807) is 18.2 Å². The summed E-state index contributed by atoms with van der Waals surface area (Å²) in [6.07, 6.45) is 0. The molecule has 5 heteroatoms. The van der Waals surface area contributed by atoms with Crippen LogP contribution in [0.2, 0.25) is 5.02 Å². The summed E-state index contributed by atoms with van der Waals surface area (Å²) in [4.78, 5) is 12.1. The zero-order valence-electron chi connectivity index (χ0n) is 14.2. The predicted octanol–water partition coefficient (Wildman–Crippen LogP) is 4.16. The highest BCUT2D eigenvalue weighted by Gasteiger charge is 2.09. The van der Waals surface area contributed by atoms with Crippen molar-refractivity contribution in [3.8, 4) is 11.5 Å². The lowest BCUT2D eigenvalue weighted by Gasteiger charge is -2.10. The average molecular weight is 348 g/mol. The van der Waals surface area contributed by atoms with Crippen molar-refractivity contribution >= 4 is 17.5 Å². The molecule has 0 fully saturated rings. The molecule has 0 aliphatic heterocycles. The molecule has 0 unspecified atom stereocenters. The van der Waals surface area contributed by atoms with E-state index in [2.05, 4.69) is 12.2 Å². The Kier molecular flexibility index (Phi) is 6.50. The molecule has 24 heavy (non-hydrogen) atoms. The van der Waals surface area contributed by atoms with Crippen LogP contribution in [0.1, 0.15) is 28.4 Å². The van der Waals surface area contributed by atoms with Crippen LogP contribution < -0.4 is 14.8 Å². The smallest absolute Gasteiger partial charge is 0.251 e. The van der Waals surface area contributed by atoms with Crippen molar-refractivity contribution in [1.29, 1.82) is 0 Å². The second-order valence-electron chi connectivity index (χ2n) is 5.43. The van der Waals surface area contributed by atoms with Crippen molar-refractivity contribution in [3.63, 3.8) is 0 Å². The maximum absolute atomic E-state index is 12.1. The topological polar surface area (TPSA) is 47.6 Å². The van der Waals surface area contributed by atoms with Gasteiger partial charge in [-0.25, -0.2) is 0 Å². The van der Waals surface area contributed by atoms with Crippen LogP contribution in [0.3, 0.4) is 0 Å². The van der Waals surface area contributed by atoms with E-state index in [0.29, 0.717) is 36.1 Å². The Hall–Kier alpha value is -2.20. The van der Waals surface area contributed by atoms with Gasteiger partial charge < -0.3 is 14.8 Å². The summed E-state index contributed by atoms with van der Waals surface area (Å²) in [6.45, 7) is 7.32. The molecule has 2 rings (SSSR count). The SMILES string of the molecule is CCOc1ccc(C(=O)NCCOc2ccc(C)c(C)c2)cc1Cl. The Labute approximate surface area is 147 Å². The van der Waals surface area contributed by atoms with Gasteiger partial charge in [0.15, 0.2) is 0 Å². The third-order valence-corrected chi connectivity index (χ3v) is 3.92. The first-order chi connectivity index (χ1) is 11.5. The van der Waals surface area contributed by atoms with E-state index < -0.39 is 0 Å². The number of amides is 1. The molecular weight excluding hydrogens is 326 g/mol. The predicted molar refractivity (Wildman–Crippen MR) is 96.4 cm³/mol. The van der Waals surface area contributed by atoms with Crippen molar-refractivity contribution < 1.29 is 14.3 Å². The zero-order valence-corrected chi connectivity index (χ0v) is 14.9. The standard InChI is InChI=1S/C19H22ClNO3/c1-4-23-18-8-6-15(12-17(18)20)19(22)21-9-10-24-16-7-5-13(2)14(3)11-16/h5-8,11-12H,4,9-10H2,1-3H3,(H,21,22). The van der Waals surface area contributed by atoms with Gasteiger partial charge in [0.25, 0.3) is 5.91 Å². The fourth-order valence-corrected chi connectivity index (χ4v) is 2.39. The van der Waals surface area contributed by atoms with E-state index in [9.17, 15) is 4.79 Å². The van der Waals surface area contributed by atoms with Gasteiger partial charge in [0, 0.05) is 5.56 Å². The largest absolute Gasteiger partial charge is 0.492 e. The van der Waals surface area contributed by atoms with E-state index >= 15 is 0 Å². The van der Waals surface area contributed by atoms with Crippen molar-refractivity contribution in [2.45, 2.75) is 20.8 Å². The molecule has 0 spiro atoms. The van der Waals surface area contributed by atoms with Crippen molar-refractivity contribution in [2.24, 2.45) is 0 Å². The number of hydrogen-bond acceptors (Lipinski definition) is 3. The molecule has 0 radical (unpaired) electrons. The minimum atomic E-state index is -0.191. The van der Waals surface area contributed by atoms with Gasteiger partial charge in [-0.15, -0.1) is 0 Å². The minimum Gasteiger partial charge on any atom is -0.492 e. The average Bonchev–Trinajstić information content (AvgIpc) is 2.56. The van der Waals surface area contributed by atoms with E-state index in [1.807, 2.05) is 32.0 Å². The fraction of sp³-hybridized carbons (Fsp3) is 0.316. The van der Waals surface area contributed by atoms with Crippen LogP contribution in [0.5, 0.6) is 11.5 Å². The lowest BCUT2D eigenvalue weighted by Crippen LogP contribution is -2.28. The van der Waals surface area contributed by atoms with Gasteiger partial charge in [-0.1, -0.05) is 17.7 Å². The van der Waals surface area contributed by atoms with Crippen LogP contribution in [0.15, 0.2) is 36.4 Å². The third-order valence-electron chi connectivity index (χ3n) is 3.63. The van der Waals surface area contributed by atoms with Crippen molar-refractivity contribution in [2.75, 3.05) is 19.8 Å². The normalized spacial score (nSPS) is 10.3. The first-order valence-corrected chi connectivity index (χ1v) is 8.29. The van der Waals surface area contributed by atoms with Gasteiger partial charge in [-0.3, -0.25) is 4.79 Å². The Balaban J connectivity index is 1.82. The van der Waals surface area contributed by atoms with Gasteiger partial charge in [0.1, 0.15) is 18.1 Å². The Morgan fingerprint density at radius 2 is 1.88 bits per heavy atom. The molecular formula is C19H22ClNO3. The molecule has 0 heterocycles. The lowest BCUT2D eigenvalue weighted by molar-refractivity contribution is 0.0947. The summed E-state index contributed by atoms with van der Waals surface area (Å²) in [5.74, 6) is 1.19. The van der Waals surface area contributed by atoms with Crippen LogP contribution in [0.4, 0.5) is 0 Å². The number of carbonyl (C=O) groups excluding carboxylic acids is 1. The number of halogens is 1. The number of benzene rings is 2. The second-order valence-corrected chi connectivity index (χ2v) is 5.84. The van der Waals surface area contributed by atoms with E-state index in [0.717, 1.165) is 5.75 Å². The number of hydrogen-bond donors (Lipinski definition) is 1. The van der Waals surface area contributed by atoms with Crippen LogP contribution >= 0.6 is 11.6 Å². The molecule has 128 valence electrons. The molecule has 0 aliphatic rings. The van der Waals surface area contributed by atoms with Gasteiger partial charge in [0.05, 0.1) is 18.2 Å². The van der Waals surface area contributed by atoms with Crippen LogP contribution in [0, 0.1) is 13.8 Å². The minimum absolute atomic E-state index is 0.191. The molecule has 0 bridgehead atoms. The summed E-state index contributed by atoms with van der Waals surface area (Å²) < 4.78 is 11.0. The number of aryl methyl sites for hydroxylation is 2. The quantitative estimate of drug-likeness (QED) is 0.765. The third kappa shape index (κ3) is 4.90. The summed E-state index contributed by atoms with van der Waals surface area (Å²) in [6, 6.07) is 10.9. The van der Waals surface area contributed by atoms with Gasteiger partial charge in [0.2, 0.25) is 0 Å². The van der Waals surface area contributed by atoms with Crippen molar-refractivity contribution in [1.82, 2.24) is 5.32 Å². The van der Waals surface area contributed by atoms with Gasteiger partial charge in [-0.2, -0.15) is 0 Å². The monoisotopic (exact) mass is 347 g/mol. The molecule has 1 N–H and O–H groups in total. The van der Waals surface area contributed by atoms with Gasteiger partial charge in [-0.05, 0) is 62.2 Å². The van der Waals surface area contributed by atoms with Crippen LogP contribution in [0.25, 0.3) is 0 Å². The molecule has 0 aromatic heterocycles. The van der Waals surface area contributed by atoms with E-state index in [1.165, 1.54) is 11.1 Å². The first kappa shape index (κ1) is 18.1. The first-order valence-electron chi connectivity index (χ1n) is 7.92. The van der Waals surface area contributed by atoms with Crippen LogP contribution in [-0.4, -0.2) is 25.7 Å².